The normalized spacial score (nSPS) is 18.2. The summed E-state index contributed by atoms with van der Waals surface area (Å²) in [6.07, 6.45) is 2.02. The summed E-state index contributed by atoms with van der Waals surface area (Å²) >= 11 is 1.37. The highest BCUT2D eigenvalue weighted by Crippen LogP contribution is 2.42. The van der Waals surface area contributed by atoms with E-state index in [0.29, 0.717) is 17.5 Å². The first-order valence-electron chi connectivity index (χ1n) is 6.30. The van der Waals surface area contributed by atoms with Gasteiger partial charge in [-0.3, -0.25) is 9.36 Å². The van der Waals surface area contributed by atoms with E-state index in [9.17, 15) is 9.59 Å². The number of hydrogen-bond donors (Lipinski definition) is 3. The van der Waals surface area contributed by atoms with Crippen molar-refractivity contribution in [2.24, 2.45) is 18.7 Å². The fourth-order valence-corrected chi connectivity index (χ4v) is 3.43. The van der Waals surface area contributed by atoms with Crippen LogP contribution in [0.15, 0.2) is 9.95 Å². The molecule has 1 aliphatic carbocycles. The lowest BCUT2D eigenvalue weighted by atomic mass is 9.94. The molecule has 2 rings (SSSR count). The van der Waals surface area contributed by atoms with Crippen LogP contribution in [0.3, 0.4) is 0 Å². The third kappa shape index (κ3) is 2.69. The summed E-state index contributed by atoms with van der Waals surface area (Å²) in [5.41, 5.74) is 4.63. The summed E-state index contributed by atoms with van der Waals surface area (Å²) in [5, 5.41) is 10.1. The van der Waals surface area contributed by atoms with Crippen LogP contribution in [0.1, 0.15) is 19.8 Å². The minimum atomic E-state index is -0.700. The van der Waals surface area contributed by atoms with Gasteiger partial charge in [0.05, 0.1) is 0 Å². The van der Waals surface area contributed by atoms with E-state index < -0.39 is 5.54 Å². The molecule has 1 aromatic heterocycles. The van der Waals surface area contributed by atoms with Crippen LogP contribution in [0, 0.1) is 5.92 Å². The zero-order valence-electron chi connectivity index (χ0n) is 11.1. The Morgan fingerprint density at radius 1 is 1.68 bits per heavy atom. The number of aromatic nitrogens is 3. The first-order chi connectivity index (χ1) is 9.01. The van der Waals surface area contributed by atoms with Crippen molar-refractivity contribution in [2.75, 3.05) is 12.3 Å². The fourth-order valence-electron chi connectivity index (χ4n) is 2.20. The van der Waals surface area contributed by atoms with Crippen molar-refractivity contribution in [2.45, 2.75) is 30.5 Å². The van der Waals surface area contributed by atoms with Crippen LogP contribution in [0.5, 0.6) is 0 Å². The van der Waals surface area contributed by atoms with Gasteiger partial charge in [0.15, 0.2) is 5.16 Å². The summed E-state index contributed by atoms with van der Waals surface area (Å²) in [6.45, 7) is 2.63. The average Bonchev–Trinajstić information content (AvgIpc) is 3.16. The number of amides is 1. The van der Waals surface area contributed by atoms with Crippen molar-refractivity contribution < 1.29 is 4.79 Å². The van der Waals surface area contributed by atoms with Gasteiger partial charge in [0.25, 0.3) is 0 Å². The molecule has 1 fully saturated rings. The SMILES string of the molecule is CCNC(CSc1n[nH]c(=O)n1C)(C(N)=O)C1CC1. The number of carbonyl (C=O) groups is 1. The maximum absolute atomic E-state index is 11.9. The van der Waals surface area contributed by atoms with Gasteiger partial charge in [0.1, 0.15) is 5.54 Å². The Morgan fingerprint density at radius 2 is 2.37 bits per heavy atom. The molecule has 1 saturated carbocycles. The molecule has 4 N–H and O–H groups in total. The molecule has 106 valence electrons. The fraction of sp³-hybridized carbons (Fsp3) is 0.727. The molecular formula is C11H19N5O2S. The van der Waals surface area contributed by atoms with E-state index in [1.807, 2.05) is 6.92 Å². The Bertz CT molecular complexity index is 521. The van der Waals surface area contributed by atoms with E-state index in [0.717, 1.165) is 12.8 Å². The van der Waals surface area contributed by atoms with Crippen molar-refractivity contribution in [1.29, 1.82) is 0 Å². The Morgan fingerprint density at radius 3 is 2.79 bits per heavy atom. The Labute approximate surface area is 115 Å². The molecule has 19 heavy (non-hydrogen) atoms. The molecule has 1 heterocycles. The van der Waals surface area contributed by atoms with Crippen LogP contribution in [-0.4, -0.2) is 38.5 Å². The number of aromatic amines is 1. The number of carbonyl (C=O) groups excluding carboxylic acids is 1. The van der Waals surface area contributed by atoms with Crippen molar-refractivity contribution in [3.05, 3.63) is 10.5 Å². The molecule has 7 nitrogen and oxygen atoms in total. The lowest BCUT2D eigenvalue weighted by Crippen LogP contribution is -2.59. The maximum atomic E-state index is 11.9. The topological polar surface area (TPSA) is 106 Å². The van der Waals surface area contributed by atoms with E-state index in [1.165, 1.54) is 16.3 Å². The van der Waals surface area contributed by atoms with E-state index in [2.05, 4.69) is 15.5 Å². The van der Waals surface area contributed by atoms with E-state index in [1.54, 1.807) is 7.05 Å². The molecule has 1 atom stereocenters. The average molecular weight is 285 g/mol. The van der Waals surface area contributed by atoms with Crippen molar-refractivity contribution in [3.8, 4) is 0 Å². The predicted molar refractivity (Wildman–Crippen MR) is 72.9 cm³/mol. The summed E-state index contributed by atoms with van der Waals surface area (Å²) in [5.74, 6) is 0.442. The number of thioether (sulfide) groups is 1. The Balaban J connectivity index is 2.14. The molecular weight excluding hydrogens is 266 g/mol. The molecule has 1 aliphatic rings. The number of likely N-dealkylation sites (N-methyl/N-ethyl adjacent to an activating group) is 1. The molecule has 1 amide bonds. The van der Waals surface area contributed by atoms with Gasteiger partial charge in [-0.25, -0.2) is 9.89 Å². The summed E-state index contributed by atoms with van der Waals surface area (Å²) in [6, 6.07) is 0. The van der Waals surface area contributed by atoms with Gasteiger partial charge in [-0.1, -0.05) is 18.7 Å². The van der Waals surface area contributed by atoms with Gasteiger partial charge in [-0.05, 0) is 25.3 Å². The van der Waals surface area contributed by atoms with Gasteiger partial charge < -0.3 is 11.1 Å². The van der Waals surface area contributed by atoms with Gasteiger partial charge in [-0.15, -0.1) is 5.10 Å². The van der Waals surface area contributed by atoms with Crippen LogP contribution < -0.4 is 16.7 Å². The molecule has 8 heteroatoms. The van der Waals surface area contributed by atoms with Gasteiger partial charge >= 0.3 is 5.69 Å². The number of nitrogens with one attached hydrogen (secondary N) is 2. The standard InChI is InChI=1S/C11H19N5O2S/c1-3-13-11(8(12)17,7-4-5-7)6-19-10-15-14-9(18)16(10)2/h7,13H,3-6H2,1-2H3,(H2,12,17)(H,14,18). The van der Waals surface area contributed by atoms with Crippen molar-refractivity contribution >= 4 is 17.7 Å². The van der Waals surface area contributed by atoms with E-state index in [-0.39, 0.29) is 17.5 Å². The number of hydrogen-bond acceptors (Lipinski definition) is 5. The minimum absolute atomic E-state index is 0.262. The van der Waals surface area contributed by atoms with Crippen LogP contribution in [0.2, 0.25) is 0 Å². The number of nitrogens with zero attached hydrogens (tertiary/aromatic N) is 2. The smallest absolute Gasteiger partial charge is 0.343 e. The van der Waals surface area contributed by atoms with Gasteiger partial charge in [0, 0.05) is 12.8 Å². The zero-order chi connectivity index (χ0) is 14.0. The van der Waals surface area contributed by atoms with Crippen LogP contribution in [0.25, 0.3) is 0 Å². The summed E-state index contributed by atoms with van der Waals surface area (Å²) in [7, 11) is 1.64. The van der Waals surface area contributed by atoms with Gasteiger partial charge in [0.2, 0.25) is 5.91 Å². The maximum Gasteiger partial charge on any atom is 0.343 e. The Kier molecular flexibility index (Phi) is 4.00. The third-order valence-corrected chi connectivity index (χ3v) is 4.70. The van der Waals surface area contributed by atoms with E-state index >= 15 is 0 Å². The van der Waals surface area contributed by atoms with Crippen molar-refractivity contribution in [3.63, 3.8) is 0 Å². The second-order valence-electron chi connectivity index (χ2n) is 4.80. The van der Waals surface area contributed by atoms with Crippen molar-refractivity contribution in [1.82, 2.24) is 20.1 Å². The first kappa shape index (κ1) is 14.1. The molecule has 0 spiro atoms. The Hall–Kier alpha value is -1.28. The highest BCUT2D eigenvalue weighted by atomic mass is 32.2. The monoisotopic (exact) mass is 285 g/mol. The number of nitrogens with two attached hydrogens (primary N) is 1. The molecule has 1 aromatic rings. The summed E-state index contributed by atoms with van der Waals surface area (Å²) in [4.78, 5) is 23.1. The molecule has 0 radical (unpaired) electrons. The third-order valence-electron chi connectivity index (χ3n) is 3.47. The number of H-pyrrole nitrogens is 1. The lowest BCUT2D eigenvalue weighted by Gasteiger charge is -2.31. The molecule has 1 unspecified atom stereocenters. The van der Waals surface area contributed by atoms with Crippen LogP contribution >= 0.6 is 11.8 Å². The zero-order valence-corrected chi connectivity index (χ0v) is 11.9. The first-order valence-corrected chi connectivity index (χ1v) is 7.29. The molecule has 0 bridgehead atoms. The van der Waals surface area contributed by atoms with Gasteiger partial charge in [-0.2, -0.15) is 0 Å². The summed E-state index contributed by atoms with van der Waals surface area (Å²) < 4.78 is 1.43. The quantitative estimate of drug-likeness (QED) is 0.583. The molecule has 0 aliphatic heterocycles. The minimum Gasteiger partial charge on any atom is -0.368 e. The van der Waals surface area contributed by atoms with Crippen LogP contribution in [0.4, 0.5) is 0 Å². The second kappa shape index (κ2) is 5.38. The number of primary amides is 1. The highest BCUT2D eigenvalue weighted by Gasteiger charge is 2.49. The lowest BCUT2D eigenvalue weighted by molar-refractivity contribution is -0.124. The van der Waals surface area contributed by atoms with E-state index in [4.69, 9.17) is 5.73 Å². The highest BCUT2D eigenvalue weighted by molar-refractivity contribution is 7.99. The molecule has 0 aromatic carbocycles. The number of rotatable bonds is 7. The predicted octanol–water partition coefficient (Wildman–Crippen LogP) is -0.556. The van der Waals surface area contributed by atoms with Crippen LogP contribution in [-0.2, 0) is 11.8 Å². The largest absolute Gasteiger partial charge is 0.368 e. The second-order valence-corrected chi connectivity index (χ2v) is 5.74. The molecule has 0 saturated heterocycles.